The molecule has 2 fully saturated rings. The van der Waals surface area contributed by atoms with Crippen molar-refractivity contribution in [2.75, 3.05) is 13.1 Å². The molecule has 0 spiro atoms. The molecule has 1 N–H and O–H groups in total. The molecule has 7 nitrogen and oxygen atoms in total. The van der Waals surface area contributed by atoms with Gasteiger partial charge in [0.05, 0.1) is 21.8 Å². The molecule has 2 aromatic rings. The van der Waals surface area contributed by atoms with Gasteiger partial charge in [0.25, 0.3) is 0 Å². The van der Waals surface area contributed by atoms with E-state index >= 15 is 0 Å². The molecule has 200 valence electrons. The van der Waals surface area contributed by atoms with Crippen LogP contribution in [-0.4, -0.2) is 53.2 Å². The van der Waals surface area contributed by atoms with Gasteiger partial charge < -0.3 is 9.88 Å². The molecule has 1 unspecified atom stereocenters. The van der Waals surface area contributed by atoms with Crippen molar-refractivity contribution in [3.8, 4) is 0 Å². The van der Waals surface area contributed by atoms with Gasteiger partial charge in [-0.1, -0.05) is 20.8 Å². The highest BCUT2D eigenvalue weighted by atomic mass is 32.2. The molecule has 1 aliphatic carbocycles. The third-order valence-corrected chi connectivity index (χ3v) is 9.12. The number of nitrogens with zero attached hydrogens (tertiary/aromatic N) is 3. The maximum atomic E-state index is 13.7. The minimum atomic E-state index is -3.78. The lowest BCUT2D eigenvalue weighted by atomic mass is 9.86. The number of carbonyl (C=O) groups is 1. The summed E-state index contributed by atoms with van der Waals surface area (Å²) in [5.41, 5.74) is 1.09. The number of fused-ring (bicyclic) bond motifs is 1. The molecule has 4 rings (SSSR count). The molecule has 1 aliphatic heterocycles. The predicted molar refractivity (Wildman–Crippen MR) is 135 cm³/mol. The lowest BCUT2D eigenvalue weighted by Gasteiger charge is -2.30. The number of sulfonamides is 1. The Hall–Kier alpha value is -2.07. The second-order valence-corrected chi connectivity index (χ2v) is 13.7. The molecular formula is C26H38F2N4O3S. The summed E-state index contributed by atoms with van der Waals surface area (Å²) in [7, 11) is -3.78. The zero-order valence-electron chi connectivity index (χ0n) is 21.9. The summed E-state index contributed by atoms with van der Waals surface area (Å²) in [4.78, 5) is 17.4. The van der Waals surface area contributed by atoms with Crippen LogP contribution in [0.1, 0.15) is 72.5 Å². The Morgan fingerprint density at radius 1 is 1.19 bits per heavy atom. The maximum Gasteiger partial charge on any atom is 0.248 e. The van der Waals surface area contributed by atoms with E-state index in [1.165, 1.54) is 4.31 Å². The molecule has 1 saturated heterocycles. The van der Waals surface area contributed by atoms with E-state index in [2.05, 4.69) is 9.88 Å². The zero-order chi connectivity index (χ0) is 26.5. The number of carbonyl (C=O) groups excluding carboxylic acids is 1. The van der Waals surface area contributed by atoms with Crippen molar-refractivity contribution >= 4 is 27.0 Å². The SMILES string of the molecule is CC(C)NC(=O)C1CCN(S(=O)(=O)c2ccc3c(c2)nc(C(C)(C)C)n3CC2CCC(F)(F)CC2)C1. The van der Waals surface area contributed by atoms with E-state index in [0.717, 1.165) is 11.3 Å². The summed E-state index contributed by atoms with van der Waals surface area (Å²) >= 11 is 0. The summed E-state index contributed by atoms with van der Waals surface area (Å²) in [6.45, 7) is 10.9. The quantitative estimate of drug-likeness (QED) is 0.594. The summed E-state index contributed by atoms with van der Waals surface area (Å²) in [6, 6.07) is 4.98. The van der Waals surface area contributed by atoms with Gasteiger partial charge in [0.15, 0.2) is 0 Å². The standard InChI is InChI=1S/C26H38F2N4O3S/c1-17(2)29-23(33)19-10-13-31(16-19)36(34,35)20-6-7-22-21(14-20)30-24(25(3,4)5)32(22)15-18-8-11-26(27,28)12-9-18/h6-7,14,17-19H,8-13,15-16H2,1-5H3,(H,29,33). The highest BCUT2D eigenvalue weighted by Gasteiger charge is 2.37. The number of imidazole rings is 1. The molecule has 1 amide bonds. The Balaban J connectivity index is 1.61. The van der Waals surface area contributed by atoms with E-state index in [0.29, 0.717) is 37.9 Å². The summed E-state index contributed by atoms with van der Waals surface area (Å²) < 4.78 is 57.7. The second-order valence-electron chi connectivity index (χ2n) is 11.8. The minimum Gasteiger partial charge on any atom is -0.354 e. The van der Waals surface area contributed by atoms with Gasteiger partial charge in [0, 0.05) is 43.9 Å². The Kier molecular flexibility index (Phi) is 7.24. The predicted octanol–water partition coefficient (Wildman–Crippen LogP) is 4.69. The second kappa shape index (κ2) is 9.67. The van der Waals surface area contributed by atoms with Gasteiger partial charge in [-0.3, -0.25) is 4.79 Å². The van der Waals surface area contributed by atoms with E-state index in [-0.39, 0.29) is 53.5 Å². The number of halogens is 2. The van der Waals surface area contributed by atoms with E-state index in [1.807, 2.05) is 34.6 Å². The van der Waals surface area contributed by atoms with Crippen LogP contribution in [0.25, 0.3) is 11.0 Å². The number of amides is 1. The molecule has 2 heterocycles. The first-order chi connectivity index (χ1) is 16.7. The van der Waals surface area contributed by atoms with Crippen LogP contribution in [0.3, 0.4) is 0 Å². The van der Waals surface area contributed by atoms with Crippen LogP contribution in [0.2, 0.25) is 0 Å². The van der Waals surface area contributed by atoms with Gasteiger partial charge in [-0.05, 0) is 57.2 Å². The summed E-state index contributed by atoms with van der Waals surface area (Å²) in [5, 5.41) is 2.87. The molecular weight excluding hydrogens is 486 g/mol. The van der Waals surface area contributed by atoms with Gasteiger partial charge in [-0.2, -0.15) is 4.31 Å². The minimum absolute atomic E-state index is 0.00258. The third kappa shape index (κ3) is 5.59. The average Bonchev–Trinajstić information content (AvgIpc) is 3.40. The van der Waals surface area contributed by atoms with Crippen LogP contribution < -0.4 is 5.32 Å². The topological polar surface area (TPSA) is 84.3 Å². The molecule has 1 aromatic heterocycles. The van der Waals surface area contributed by atoms with Crippen LogP contribution in [0.15, 0.2) is 23.1 Å². The van der Waals surface area contributed by atoms with Crippen molar-refractivity contribution in [3.63, 3.8) is 0 Å². The number of benzene rings is 1. The number of alkyl halides is 2. The number of hydrogen-bond donors (Lipinski definition) is 1. The number of aromatic nitrogens is 2. The normalized spacial score (nSPS) is 21.9. The lowest BCUT2D eigenvalue weighted by molar-refractivity contribution is -0.125. The fourth-order valence-corrected chi connectivity index (χ4v) is 6.80. The first-order valence-corrected chi connectivity index (χ1v) is 14.3. The van der Waals surface area contributed by atoms with Crippen molar-refractivity contribution in [1.29, 1.82) is 0 Å². The molecule has 0 radical (unpaired) electrons. The molecule has 1 aromatic carbocycles. The van der Waals surface area contributed by atoms with Crippen molar-refractivity contribution in [1.82, 2.24) is 19.2 Å². The molecule has 10 heteroatoms. The number of rotatable bonds is 6. The van der Waals surface area contributed by atoms with Crippen LogP contribution in [0.4, 0.5) is 8.78 Å². The molecule has 1 atom stereocenters. The Labute approximate surface area is 212 Å². The van der Waals surface area contributed by atoms with E-state index in [9.17, 15) is 22.0 Å². The zero-order valence-corrected chi connectivity index (χ0v) is 22.7. The average molecular weight is 525 g/mol. The fraction of sp³-hybridized carbons (Fsp3) is 0.692. The van der Waals surface area contributed by atoms with Gasteiger partial charge >= 0.3 is 0 Å². The Morgan fingerprint density at radius 2 is 1.86 bits per heavy atom. The fourth-order valence-electron chi connectivity index (χ4n) is 5.28. The maximum absolute atomic E-state index is 13.7. The van der Waals surface area contributed by atoms with Gasteiger partial charge in [0.1, 0.15) is 5.82 Å². The molecule has 1 saturated carbocycles. The van der Waals surface area contributed by atoms with Crippen LogP contribution in [0.5, 0.6) is 0 Å². The van der Waals surface area contributed by atoms with E-state index < -0.39 is 15.9 Å². The molecule has 2 aliphatic rings. The molecule has 36 heavy (non-hydrogen) atoms. The van der Waals surface area contributed by atoms with Crippen molar-refractivity contribution < 1.29 is 22.0 Å². The highest BCUT2D eigenvalue weighted by Crippen LogP contribution is 2.38. The van der Waals surface area contributed by atoms with Crippen LogP contribution in [-0.2, 0) is 26.8 Å². The lowest BCUT2D eigenvalue weighted by Crippen LogP contribution is -2.37. The Morgan fingerprint density at radius 3 is 2.47 bits per heavy atom. The van der Waals surface area contributed by atoms with Gasteiger partial charge in [-0.25, -0.2) is 22.2 Å². The summed E-state index contributed by atoms with van der Waals surface area (Å²) in [5.74, 6) is -2.11. The van der Waals surface area contributed by atoms with Crippen molar-refractivity contribution in [3.05, 3.63) is 24.0 Å². The van der Waals surface area contributed by atoms with Crippen LogP contribution in [0, 0.1) is 11.8 Å². The monoisotopic (exact) mass is 524 g/mol. The first-order valence-electron chi connectivity index (χ1n) is 12.9. The third-order valence-electron chi connectivity index (χ3n) is 7.26. The van der Waals surface area contributed by atoms with E-state index in [1.54, 1.807) is 18.2 Å². The number of hydrogen-bond acceptors (Lipinski definition) is 4. The molecule has 0 bridgehead atoms. The largest absolute Gasteiger partial charge is 0.354 e. The van der Waals surface area contributed by atoms with E-state index in [4.69, 9.17) is 4.98 Å². The van der Waals surface area contributed by atoms with Gasteiger partial charge in [0.2, 0.25) is 21.9 Å². The summed E-state index contributed by atoms with van der Waals surface area (Å²) in [6.07, 6.45) is 1.23. The van der Waals surface area contributed by atoms with Gasteiger partial charge in [-0.15, -0.1) is 0 Å². The smallest absolute Gasteiger partial charge is 0.248 e. The first kappa shape index (κ1) is 27.0. The highest BCUT2D eigenvalue weighted by molar-refractivity contribution is 7.89. The van der Waals surface area contributed by atoms with Crippen molar-refractivity contribution in [2.24, 2.45) is 11.8 Å². The Bertz CT molecular complexity index is 1220. The van der Waals surface area contributed by atoms with Crippen molar-refractivity contribution in [2.45, 2.75) is 95.5 Å². The number of nitrogens with one attached hydrogen (secondary N) is 1. The van der Waals surface area contributed by atoms with Crippen LogP contribution >= 0.6 is 0 Å².